The lowest BCUT2D eigenvalue weighted by atomic mass is 9.92. The zero-order chi connectivity index (χ0) is 26.8. The fourth-order valence-corrected chi connectivity index (χ4v) is 5.34. The van der Waals surface area contributed by atoms with Crippen molar-refractivity contribution in [2.75, 3.05) is 11.9 Å². The Labute approximate surface area is 220 Å². The van der Waals surface area contributed by atoms with E-state index in [4.69, 9.17) is 0 Å². The van der Waals surface area contributed by atoms with Crippen molar-refractivity contribution in [3.63, 3.8) is 0 Å². The minimum Gasteiger partial charge on any atom is -0.330 e. The van der Waals surface area contributed by atoms with Crippen molar-refractivity contribution in [1.29, 1.82) is 0 Å². The predicted octanol–water partition coefficient (Wildman–Crippen LogP) is 6.10. The van der Waals surface area contributed by atoms with Gasteiger partial charge in [0.05, 0.1) is 23.6 Å². The Morgan fingerprint density at radius 1 is 1.11 bits per heavy atom. The van der Waals surface area contributed by atoms with Gasteiger partial charge in [-0.3, -0.25) is 19.6 Å². The van der Waals surface area contributed by atoms with Crippen molar-refractivity contribution in [3.05, 3.63) is 83.5 Å². The van der Waals surface area contributed by atoms with Gasteiger partial charge in [0, 0.05) is 42.1 Å². The third kappa shape index (κ3) is 4.95. The maximum Gasteiger partial charge on any atom is 0.247 e. The Kier molecular flexibility index (Phi) is 7.31. The SMILES string of the molecule is CCc1ccc(F)c(C2=CC(=O)N([C@H]3CCC[C@@H](C)C(=O)Nc4cnccc4-c4ccnc3c4)CC2)c1F. The summed E-state index contributed by atoms with van der Waals surface area (Å²) in [7, 11) is 0. The molecule has 1 N–H and O–H groups in total. The van der Waals surface area contributed by atoms with Crippen LogP contribution >= 0.6 is 0 Å². The van der Waals surface area contributed by atoms with Crippen LogP contribution in [0, 0.1) is 17.6 Å². The number of rotatable bonds is 3. The lowest BCUT2D eigenvalue weighted by Crippen LogP contribution is -2.38. The third-order valence-electron chi connectivity index (χ3n) is 7.53. The van der Waals surface area contributed by atoms with Gasteiger partial charge < -0.3 is 10.2 Å². The van der Waals surface area contributed by atoms with Crippen molar-refractivity contribution in [2.24, 2.45) is 5.92 Å². The molecule has 0 saturated heterocycles. The molecule has 2 aliphatic heterocycles. The summed E-state index contributed by atoms with van der Waals surface area (Å²) in [5.74, 6) is -1.86. The Morgan fingerprint density at radius 3 is 2.74 bits per heavy atom. The van der Waals surface area contributed by atoms with E-state index in [1.54, 1.807) is 23.5 Å². The number of nitrogens with one attached hydrogen (secondary N) is 1. The summed E-state index contributed by atoms with van der Waals surface area (Å²) in [6, 6.07) is 8.03. The average Bonchev–Trinajstić information content (AvgIpc) is 2.91. The highest BCUT2D eigenvalue weighted by atomic mass is 19.1. The van der Waals surface area contributed by atoms with E-state index in [0.29, 0.717) is 55.5 Å². The quantitative estimate of drug-likeness (QED) is 0.457. The molecule has 3 aromatic rings. The molecule has 2 bridgehead atoms. The fourth-order valence-electron chi connectivity index (χ4n) is 5.34. The normalized spacial score (nSPS) is 20.1. The molecule has 0 spiro atoms. The zero-order valence-electron chi connectivity index (χ0n) is 21.5. The molecule has 0 aliphatic carbocycles. The molecule has 2 aliphatic rings. The summed E-state index contributed by atoms with van der Waals surface area (Å²) in [6.45, 7) is 4.01. The van der Waals surface area contributed by atoms with E-state index < -0.39 is 11.6 Å². The largest absolute Gasteiger partial charge is 0.330 e. The maximum absolute atomic E-state index is 15.0. The number of halogens is 2. The summed E-state index contributed by atoms with van der Waals surface area (Å²) < 4.78 is 29.7. The molecule has 2 atom stereocenters. The summed E-state index contributed by atoms with van der Waals surface area (Å²) >= 11 is 0. The van der Waals surface area contributed by atoms with Crippen LogP contribution in [0.15, 0.2) is 55.0 Å². The van der Waals surface area contributed by atoms with Crippen molar-refractivity contribution in [2.45, 2.75) is 52.0 Å². The molecular weight excluding hydrogens is 486 g/mol. The van der Waals surface area contributed by atoms with Crippen LogP contribution in [-0.2, 0) is 16.0 Å². The van der Waals surface area contributed by atoms with Gasteiger partial charge in [0.25, 0.3) is 0 Å². The van der Waals surface area contributed by atoms with Crippen LogP contribution in [0.5, 0.6) is 0 Å². The lowest BCUT2D eigenvalue weighted by Gasteiger charge is -2.34. The van der Waals surface area contributed by atoms with Crippen LogP contribution in [-0.4, -0.2) is 33.2 Å². The smallest absolute Gasteiger partial charge is 0.247 e. The molecule has 2 aromatic heterocycles. The van der Waals surface area contributed by atoms with Gasteiger partial charge >= 0.3 is 0 Å². The predicted molar refractivity (Wildman–Crippen MR) is 142 cm³/mol. The first-order chi connectivity index (χ1) is 18.4. The van der Waals surface area contributed by atoms with E-state index in [1.165, 1.54) is 18.2 Å². The Balaban J connectivity index is 1.52. The van der Waals surface area contributed by atoms with Gasteiger partial charge in [0.15, 0.2) is 0 Å². The van der Waals surface area contributed by atoms with Gasteiger partial charge in [-0.2, -0.15) is 0 Å². The average molecular weight is 517 g/mol. The molecule has 2 amide bonds. The number of hydrogen-bond donors (Lipinski definition) is 1. The van der Waals surface area contributed by atoms with E-state index in [9.17, 15) is 14.0 Å². The molecule has 6 nitrogen and oxygen atoms in total. The minimum atomic E-state index is -0.659. The van der Waals surface area contributed by atoms with Crippen LogP contribution in [0.3, 0.4) is 0 Å². The Hall–Kier alpha value is -3.94. The van der Waals surface area contributed by atoms with Gasteiger partial charge in [0.1, 0.15) is 11.6 Å². The molecule has 0 radical (unpaired) electrons. The van der Waals surface area contributed by atoms with Gasteiger partial charge in [-0.25, -0.2) is 8.78 Å². The molecule has 38 heavy (non-hydrogen) atoms. The molecule has 8 heteroatoms. The summed E-state index contributed by atoms with van der Waals surface area (Å²) in [5.41, 5.74) is 3.72. The maximum atomic E-state index is 15.0. The first-order valence-electron chi connectivity index (χ1n) is 13.1. The number of fused-ring (bicyclic) bond motifs is 4. The van der Waals surface area contributed by atoms with Gasteiger partial charge in [0.2, 0.25) is 11.8 Å². The molecule has 196 valence electrons. The minimum absolute atomic E-state index is 0.0781. The number of nitrogens with zero attached hydrogens (tertiary/aromatic N) is 3. The number of pyridine rings is 2. The number of amides is 2. The Morgan fingerprint density at radius 2 is 1.95 bits per heavy atom. The highest BCUT2D eigenvalue weighted by molar-refractivity contribution is 5.98. The van der Waals surface area contributed by atoms with E-state index in [-0.39, 0.29) is 29.3 Å². The number of benzene rings is 1. The standard InChI is InChI=1S/C30H30F2N4O2/c1-3-19-7-8-23(31)28(29(19)32)21-11-14-36(27(37)16-21)26-6-4-5-18(2)30(38)35-25-17-33-12-10-22(25)20-9-13-34-24(26)15-20/h7-10,12-13,15-18,26H,3-6,11,14H2,1-2H3,(H,35,38)/t18-,26+/m1/s1. The number of carbonyl (C=O) groups excluding carboxylic acids is 2. The Bertz CT molecular complexity index is 1420. The van der Waals surface area contributed by atoms with Crippen LogP contribution in [0.1, 0.15) is 62.4 Å². The van der Waals surface area contributed by atoms with Gasteiger partial charge in [-0.15, -0.1) is 0 Å². The second kappa shape index (κ2) is 10.8. The number of anilines is 1. The second-order valence-corrected chi connectivity index (χ2v) is 9.93. The topological polar surface area (TPSA) is 75.2 Å². The third-order valence-corrected chi connectivity index (χ3v) is 7.53. The molecule has 4 heterocycles. The molecule has 0 saturated carbocycles. The van der Waals surface area contributed by atoms with Crippen molar-refractivity contribution in [3.8, 4) is 11.1 Å². The van der Waals surface area contributed by atoms with E-state index in [0.717, 1.165) is 16.8 Å². The van der Waals surface area contributed by atoms with Crippen molar-refractivity contribution in [1.82, 2.24) is 14.9 Å². The number of hydrogen-bond acceptors (Lipinski definition) is 4. The van der Waals surface area contributed by atoms with E-state index in [2.05, 4.69) is 15.3 Å². The first-order valence-corrected chi connectivity index (χ1v) is 13.1. The molecular formula is C30H30F2N4O2. The van der Waals surface area contributed by atoms with Crippen LogP contribution in [0.25, 0.3) is 16.7 Å². The second-order valence-electron chi connectivity index (χ2n) is 9.93. The summed E-state index contributed by atoms with van der Waals surface area (Å²) in [4.78, 5) is 36.8. The molecule has 0 unspecified atom stereocenters. The molecule has 0 fully saturated rings. The lowest BCUT2D eigenvalue weighted by molar-refractivity contribution is -0.129. The van der Waals surface area contributed by atoms with Crippen molar-refractivity contribution < 1.29 is 18.4 Å². The first kappa shape index (κ1) is 25.7. The van der Waals surface area contributed by atoms with Gasteiger partial charge in [-0.05, 0) is 66.6 Å². The molecule has 1 aromatic carbocycles. The monoisotopic (exact) mass is 516 g/mol. The highest BCUT2D eigenvalue weighted by Gasteiger charge is 2.31. The van der Waals surface area contributed by atoms with Gasteiger partial charge in [-0.1, -0.05) is 26.3 Å². The summed E-state index contributed by atoms with van der Waals surface area (Å²) in [5, 5.41) is 3.00. The van der Waals surface area contributed by atoms with E-state index >= 15 is 4.39 Å². The summed E-state index contributed by atoms with van der Waals surface area (Å²) in [6.07, 6.45) is 9.09. The number of aryl methyl sites for hydroxylation is 1. The van der Waals surface area contributed by atoms with Crippen LogP contribution < -0.4 is 5.32 Å². The fraction of sp³-hybridized carbons (Fsp3) is 0.333. The zero-order valence-corrected chi connectivity index (χ0v) is 21.5. The van der Waals surface area contributed by atoms with Crippen LogP contribution in [0.4, 0.5) is 14.5 Å². The molecule has 5 rings (SSSR count). The number of aromatic nitrogens is 2. The highest BCUT2D eigenvalue weighted by Crippen LogP contribution is 2.36. The van der Waals surface area contributed by atoms with Crippen molar-refractivity contribution >= 4 is 23.1 Å². The van der Waals surface area contributed by atoms with Crippen LogP contribution in [0.2, 0.25) is 0 Å². The van der Waals surface area contributed by atoms with E-state index in [1.807, 2.05) is 32.0 Å². The number of carbonyl (C=O) groups is 2.